The van der Waals surface area contributed by atoms with E-state index < -0.39 is 10.3 Å². The minimum atomic E-state index is -3.52. The smallest absolute Gasteiger partial charge is 0.264 e. The van der Waals surface area contributed by atoms with E-state index >= 15 is 0 Å². The van der Waals surface area contributed by atoms with Crippen LogP contribution in [-0.2, 0) is 14.5 Å². The van der Waals surface area contributed by atoms with Gasteiger partial charge in [-0.3, -0.25) is 9.17 Å². The van der Waals surface area contributed by atoms with E-state index in [4.69, 9.17) is 0 Å². The van der Waals surface area contributed by atoms with E-state index in [0.29, 0.717) is 0 Å². The average Bonchev–Trinajstić information content (AvgIpc) is 2.48. The minimum absolute atomic E-state index is 0.133. The third kappa shape index (κ3) is 1.85. The fraction of sp³-hybridized carbons (Fsp3) is 0.286. The van der Waals surface area contributed by atoms with Gasteiger partial charge in [0, 0.05) is 12.4 Å². The van der Waals surface area contributed by atoms with Gasteiger partial charge in [-0.15, -0.1) is 0 Å². The maximum atomic E-state index is 10.9. The van der Waals surface area contributed by atoms with Crippen molar-refractivity contribution in [1.29, 1.82) is 0 Å². The van der Waals surface area contributed by atoms with Crippen molar-refractivity contribution in [3.05, 3.63) is 30.1 Å². The molecule has 1 fully saturated rings. The molecular formula is C7H8N2O3S. The summed E-state index contributed by atoms with van der Waals surface area (Å²) in [7, 11) is -3.52. The monoisotopic (exact) mass is 200 g/mol. The first kappa shape index (κ1) is 8.61. The second-order valence-corrected chi connectivity index (χ2v) is 4.08. The van der Waals surface area contributed by atoms with E-state index in [1.165, 1.54) is 0 Å². The Morgan fingerprint density at radius 3 is 3.00 bits per heavy atom. The van der Waals surface area contributed by atoms with E-state index in [1.807, 2.05) is 0 Å². The van der Waals surface area contributed by atoms with Crippen LogP contribution in [0.4, 0.5) is 0 Å². The average molecular weight is 200 g/mol. The van der Waals surface area contributed by atoms with Crippen molar-refractivity contribution in [3.8, 4) is 0 Å². The number of nitrogens with one attached hydrogen (secondary N) is 1. The number of nitrogens with zero attached hydrogens (tertiary/aromatic N) is 1. The predicted molar refractivity (Wildman–Crippen MR) is 45.0 cm³/mol. The third-order valence-electron chi connectivity index (χ3n) is 1.76. The molecule has 2 rings (SSSR count). The molecule has 1 unspecified atom stereocenters. The van der Waals surface area contributed by atoms with Crippen LogP contribution in [0.1, 0.15) is 11.6 Å². The Bertz CT molecular complexity index is 389. The van der Waals surface area contributed by atoms with Crippen LogP contribution < -0.4 is 4.72 Å². The number of hydrogen-bond acceptors (Lipinski definition) is 4. The van der Waals surface area contributed by atoms with Crippen LogP contribution >= 0.6 is 0 Å². The van der Waals surface area contributed by atoms with E-state index in [-0.39, 0.29) is 12.6 Å². The molecule has 5 nitrogen and oxygen atoms in total. The normalized spacial score (nSPS) is 26.0. The topological polar surface area (TPSA) is 68.3 Å². The summed E-state index contributed by atoms with van der Waals surface area (Å²) >= 11 is 0. The lowest BCUT2D eigenvalue weighted by molar-refractivity contribution is 0.338. The number of pyridine rings is 1. The molecule has 0 spiro atoms. The first-order valence-corrected chi connectivity index (χ1v) is 5.15. The summed E-state index contributed by atoms with van der Waals surface area (Å²) in [5, 5.41) is 0. The fourth-order valence-corrected chi connectivity index (χ4v) is 2.08. The van der Waals surface area contributed by atoms with Crippen LogP contribution in [-0.4, -0.2) is 20.0 Å². The van der Waals surface area contributed by atoms with Crippen LogP contribution in [0.2, 0.25) is 0 Å². The molecule has 70 valence electrons. The molecule has 0 amide bonds. The summed E-state index contributed by atoms with van der Waals surface area (Å²) in [6.45, 7) is 0.133. The quantitative estimate of drug-likeness (QED) is 0.692. The van der Waals surface area contributed by atoms with Crippen LogP contribution in [0.3, 0.4) is 0 Å². The highest BCUT2D eigenvalue weighted by Crippen LogP contribution is 2.19. The Balaban J connectivity index is 2.22. The standard InChI is InChI=1S/C7H8N2O3S/c10-13(11)9-7(5-12-13)6-2-1-3-8-4-6/h1-4,7,9H,5H2. The Hall–Kier alpha value is -0.980. The number of aromatic nitrogens is 1. The van der Waals surface area contributed by atoms with Crippen molar-refractivity contribution >= 4 is 10.3 Å². The molecule has 1 aliphatic heterocycles. The molecule has 13 heavy (non-hydrogen) atoms. The molecule has 1 atom stereocenters. The molecule has 0 aromatic carbocycles. The molecule has 2 heterocycles. The second-order valence-electron chi connectivity index (χ2n) is 2.70. The molecule has 1 saturated heterocycles. The summed E-state index contributed by atoms with van der Waals surface area (Å²) in [6.07, 6.45) is 3.25. The molecule has 0 saturated carbocycles. The van der Waals surface area contributed by atoms with Gasteiger partial charge in [-0.2, -0.15) is 13.1 Å². The van der Waals surface area contributed by atoms with Crippen molar-refractivity contribution in [2.75, 3.05) is 6.61 Å². The lowest BCUT2D eigenvalue weighted by Gasteiger charge is -2.04. The van der Waals surface area contributed by atoms with Gasteiger partial charge in [-0.05, 0) is 11.6 Å². The first-order chi connectivity index (χ1) is 6.17. The lowest BCUT2D eigenvalue weighted by Crippen LogP contribution is -2.19. The van der Waals surface area contributed by atoms with Crippen molar-refractivity contribution in [2.45, 2.75) is 6.04 Å². The third-order valence-corrected chi connectivity index (χ3v) is 2.78. The van der Waals surface area contributed by atoms with Crippen LogP contribution in [0.25, 0.3) is 0 Å². The van der Waals surface area contributed by atoms with Crippen molar-refractivity contribution in [3.63, 3.8) is 0 Å². The van der Waals surface area contributed by atoms with Gasteiger partial charge in [0.1, 0.15) is 0 Å². The van der Waals surface area contributed by atoms with E-state index in [1.54, 1.807) is 24.5 Å². The molecule has 6 heteroatoms. The van der Waals surface area contributed by atoms with Crippen LogP contribution in [0.5, 0.6) is 0 Å². The SMILES string of the molecule is O=S1(=O)NC(c2cccnc2)CO1. The molecule has 0 bridgehead atoms. The van der Waals surface area contributed by atoms with Gasteiger partial charge in [0.25, 0.3) is 0 Å². The molecule has 1 aliphatic rings. The Morgan fingerprint density at radius 2 is 2.46 bits per heavy atom. The molecular weight excluding hydrogens is 192 g/mol. The van der Waals surface area contributed by atoms with Gasteiger partial charge in [0.05, 0.1) is 12.6 Å². The zero-order chi connectivity index (χ0) is 9.31. The molecule has 1 aromatic heterocycles. The minimum Gasteiger partial charge on any atom is -0.264 e. The van der Waals surface area contributed by atoms with Gasteiger partial charge in [0.2, 0.25) is 0 Å². The van der Waals surface area contributed by atoms with E-state index in [0.717, 1.165) is 5.56 Å². The Labute approximate surface area is 76.0 Å². The van der Waals surface area contributed by atoms with Crippen molar-refractivity contribution < 1.29 is 12.6 Å². The summed E-state index contributed by atoms with van der Waals surface area (Å²) in [5.41, 5.74) is 0.809. The van der Waals surface area contributed by atoms with Gasteiger partial charge in [-0.1, -0.05) is 6.07 Å². The summed E-state index contributed by atoms with van der Waals surface area (Å²) in [5.74, 6) is 0. The van der Waals surface area contributed by atoms with E-state index in [2.05, 4.69) is 13.9 Å². The summed E-state index contributed by atoms with van der Waals surface area (Å²) in [4.78, 5) is 3.89. The van der Waals surface area contributed by atoms with Gasteiger partial charge >= 0.3 is 10.3 Å². The maximum absolute atomic E-state index is 10.9. The molecule has 0 aliphatic carbocycles. The summed E-state index contributed by atoms with van der Waals surface area (Å²) < 4.78 is 28.6. The van der Waals surface area contributed by atoms with Gasteiger partial charge in [0.15, 0.2) is 0 Å². The van der Waals surface area contributed by atoms with Crippen LogP contribution in [0.15, 0.2) is 24.5 Å². The number of hydrogen-bond donors (Lipinski definition) is 1. The molecule has 0 radical (unpaired) electrons. The molecule has 1 N–H and O–H groups in total. The van der Waals surface area contributed by atoms with Crippen LogP contribution in [0, 0.1) is 0 Å². The lowest BCUT2D eigenvalue weighted by atomic mass is 10.1. The summed E-state index contributed by atoms with van der Waals surface area (Å²) in [6, 6.07) is 3.25. The highest BCUT2D eigenvalue weighted by atomic mass is 32.2. The predicted octanol–water partition coefficient (Wildman–Crippen LogP) is -0.0127. The Morgan fingerprint density at radius 1 is 1.62 bits per heavy atom. The van der Waals surface area contributed by atoms with Gasteiger partial charge < -0.3 is 0 Å². The molecule has 1 aromatic rings. The highest BCUT2D eigenvalue weighted by Gasteiger charge is 2.28. The maximum Gasteiger partial charge on any atom is 0.336 e. The Kier molecular flexibility index (Phi) is 2.03. The highest BCUT2D eigenvalue weighted by molar-refractivity contribution is 7.84. The van der Waals surface area contributed by atoms with Crippen molar-refractivity contribution in [1.82, 2.24) is 9.71 Å². The largest absolute Gasteiger partial charge is 0.336 e. The zero-order valence-corrected chi connectivity index (χ0v) is 7.49. The first-order valence-electron chi connectivity index (χ1n) is 3.74. The fourth-order valence-electron chi connectivity index (χ4n) is 1.15. The number of rotatable bonds is 1. The van der Waals surface area contributed by atoms with Gasteiger partial charge in [-0.25, -0.2) is 0 Å². The zero-order valence-electron chi connectivity index (χ0n) is 6.67. The van der Waals surface area contributed by atoms with Crippen molar-refractivity contribution in [2.24, 2.45) is 0 Å². The second kappa shape index (κ2) is 3.06. The van der Waals surface area contributed by atoms with E-state index in [9.17, 15) is 8.42 Å².